The lowest BCUT2D eigenvalue weighted by Gasteiger charge is -2.37. The van der Waals surface area contributed by atoms with Crippen LogP contribution in [-0.4, -0.2) is 55.7 Å². The van der Waals surface area contributed by atoms with Crippen molar-refractivity contribution >= 4 is 21.8 Å². The maximum atomic E-state index is 12.8. The van der Waals surface area contributed by atoms with E-state index in [9.17, 15) is 4.79 Å². The van der Waals surface area contributed by atoms with Crippen molar-refractivity contribution in [1.82, 2.24) is 4.90 Å². The van der Waals surface area contributed by atoms with Crippen LogP contribution in [-0.2, 0) is 4.74 Å². The first kappa shape index (κ1) is 16.1. The van der Waals surface area contributed by atoms with Crippen molar-refractivity contribution < 1.29 is 19.0 Å². The molecule has 0 N–H and O–H groups in total. The minimum Gasteiger partial charge on any atom is -0.493 e. The van der Waals surface area contributed by atoms with Crippen molar-refractivity contribution in [2.24, 2.45) is 0 Å². The maximum absolute atomic E-state index is 12.8. The molecular formula is C15H20BrNO4. The zero-order valence-electron chi connectivity index (χ0n) is 12.5. The number of alkyl halides is 1. The fraction of sp³-hybridized carbons (Fsp3) is 0.533. The van der Waals surface area contributed by atoms with Crippen LogP contribution < -0.4 is 9.47 Å². The van der Waals surface area contributed by atoms with Crippen molar-refractivity contribution in [2.75, 3.05) is 32.7 Å². The summed E-state index contributed by atoms with van der Waals surface area (Å²) in [5, 5.41) is 0.707. The fourth-order valence-electron chi connectivity index (χ4n) is 2.40. The predicted octanol–water partition coefficient (Wildman–Crippen LogP) is 2.33. The number of ether oxygens (including phenoxy) is 3. The highest BCUT2D eigenvalue weighted by molar-refractivity contribution is 9.09. The molecule has 1 heterocycles. The van der Waals surface area contributed by atoms with Gasteiger partial charge in [0.2, 0.25) is 0 Å². The Balaban J connectivity index is 2.30. The maximum Gasteiger partial charge on any atom is 0.258 e. The number of hydrogen-bond donors (Lipinski definition) is 0. The molecule has 2 rings (SSSR count). The molecule has 21 heavy (non-hydrogen) atoms. The lowest BCUT2D eigenvalue weighted by atomic mass is 10.1. The van der Waals surface area contributed by atoms with E-state index in [1.807, 2.05) is 11.8 Å². The Bertz CT molecular complexity index is 508. The fourth-order valence-corrected chi connectivity index (χ4v) is 2.80. The van der Waals surface area contributed by atoms with Crippen LogP contribution in [0.4, 0.5) is 0 Å². The summed E-state index contributed by atoms with van der Waals surface area (Å²) < 4.78 is 16.3. The number of benzene rings is 1. The van der Waals surface area contributed by atoms with Gasteiger partial charge in [0.25, 0.3) is 5.91 Å². The van der Waals surface area contributed by atoms with Crippen molar-refractivity contribution in [3.63, 3.8) is 0 Å². The number of carbonyl (C=O) groups is 1. The number of morpholine rings is 1. The second-order valence-corrected chi connectivity index (χ2v) is 5.60. The largest absolute Gasteiger partial charge is 0.493 e. The van der Waals surface area contributed by atoms with Crippen molar-refractivity contribution in [3.05, 3.63) is 23.8 Å². The summed E-state index contributed by atoms with van der Waals surface area (Å²) in [5.41, 5.74) is 0.513. The molecule has 2 unspecified atom stereocenters. The van der Waals surface area contributed by atoms with E-state index >= 15 is 0 Å². The summed E-state index contributed by atoms with van der Waals surface area (Å²) >= 11 is 3.41. The zero-order valence-corrected chi connectivity index (χ0v) is 14.1. The van der Waals surface area contributed by atoms with Crippen molar-refractivity contribution in [1.29, 1.82) is 0 Å². The highest BCUT2D eigenvalue weighted by Gasteiger charge is 2.31. The average molecular weight is 358 g/mol. The van der Waals surface area contributed by atoms with Gasteiger partial charge < -0.3 is 19.1 Å². The summed E-state index contributed by atoms with van der Waals surface area (Å²) in [5.74, 6) is 0.966. The Morgan fingerprint density at radius 2 is 2.19 bits per heavy atom. The quantitative estimate of drug-likeness (QED) is 0.776. The number of methoxy groups -OCH3 is 2. The molecule has 0 aliphatic carbocycles. The first-order valence-corrected chi connectivity index (χ1v) is 7.94. The minimum absolute atomic E-state index is 0.0155. The normalized spacial score (nSPS) is 22.0. The molecule has 1 aromatic rings. The summed E-state index contributed by atoms with van der Waals surface area (Å²) in [6, 6.07) is 5.36. The highest BCUT2D eigenvalue weighted by atomic mass is 79.9. The van der Waals surface area contributed by atoms with E-state index in [2.05, 4.69) is 15.9 Å². The predicted molar refractivity (Wildman–Crippen MR) is 83.6 cm³/mol. The van der Waals surface area contributed by atoms with Gasteiger partial charge in [-0.1, -0.05) is 22.0 Å². The van der Waals surface area contributed by atoms with Crippen LogP contribution in [0.15, 0.2) is 18.2 Å². The second kappa shape index (κ2) is 7.13. The van der Waals surface area contributed by atoms with Crippen LogP contribution in [0.2, 0.25) is 0 Å². The summed E-state index contributed by atoms with van der Waals surface area (Å²) in [7, 11) is 3.10. The van der Waals surface area contributed by atoms with E-state index in [0.717, 1.165) is 0 Å². The van der Waals surface area contributed by atoms with Crippen LogP contribution in [0.5, 0.6) is 11.5 Å². The van der Waals surface area contributed by atoms with Crippen LogP contribution in [0, 0.1) is 0 Å². The van der Waals surface area contributed by atoms with Gasteiger partial charge in [0, 0.05) is 11.9 Å². The molecule has 0 radical (unpaired) electrons. The molecule has 1 fully saturated rings. The molecule has 1 amide bonds. The van der Waals surface area contributed by atoms with Crippen molar-refractivity contribution in [2.45, 2.75) is 19.1 Å². The Morgan fingerprint density at radius 1 is 1.43 bits per heavy atom. The molecule has 0 bridgehead atoms. The third kappa shape index (κ3) is 3.32. The summed E-state index contributed by atoms with van der Waals surface area (Å²) in [6.45, 7) is 3.08. The van der Waals surface area contributed by atoms with Gasteiger partial charge in [-0.05, 0) is 19.1 Å². The number of para-hydroxylation sites is 1. The molecule has 2 atom stereocenters. The number of carbonyl (C=O) groups excluding carboxylic acids is 1. The number of rotatable bonds is 4. The molecule has 1 aliphatic heterocycles. The van der Waals surface area contributed by atoms with Gasteiger partial charge in [-0.3, -0.25) is 4.79 Å². The van der Waals surface area contributed by atoms with E-state index in [0.29, 0.717) is 35.5 Å². The van der Waals surface area contributed by atoms with Crippen LogP contribution in [0.3, 0.4) is 0 Å². The van der Waals surface area contributed by atoms with Gasteiger partial charge in [0.05, 0.1) is 38.5 Å². The summed E-state index contributed by atoms with van der Waals surface area (Å²) in [6.07, 6.45) is 0.0155. The summed E-state index contributed by atoms with van der Waals surface area (Å²) in [4.78, 5) is 14.7. The Morgan fingerprint density at radius 3 is 2.81 bits per heavy atom. The number of hydrogen-bond acceptors (Lipinski definition) is 4. The van der Waals surface area contributed by atoms with Crippen LogP contribution in [0.25, 0.3) is 0 Å². The van der Waals surface area contributed by atoms with E-state index in [1.165, 1.54) is 0 Å². The van der Waals surface area contributed by atoms with Crippen LogP contribution in [0.1, 0.15) is 17.3 Å². The Labute approximate surface area is 133 Å². The lowest BCUT2D eigenvalue weighted by Crippen LogP contribution is -2.51. The smallest absolute Gasteiger partial charge is 0.258 e. The minimum atomic E-state index is -0.0625. The van der Waals surface area contributed by atoms with Gasteiger partial charge in [0.15, 0.2) is 11.5 Å². The van der Waals surface area contributed by atoms with Gasteiger partial charge in [-0.2, -0.15) is 0 Å². The van der Waals surface area contributed by atoms with Gasteiger partial charge in [-0.25, -0.2) is 0 Å². The molecule has 1 aliphatic rings. The molecule has 1 aromatic carbocycles. The molecular weight excluding hydrogens is 338 g/mol. The number of amides is 1. The SMILES string of the molecule is COc1cccc(C(=O)N2CC(CBr)OCC2C)c1OC. The number of halogens is 1. The topological polar surface area (TPSA) is 48.0 Å². The lowest BCUT2D eigenvalue weighted by molar-refractivity contribution is -0.0362. The third-order valence-corrected chi connectivity index (χ3v) is 4.29. The molecule has 1 saturated heterocycles. The van der Waals surface area contributed by atoms with Crippen molar-refractivity contribution in [3.8, 4) is 11.5 Å². The molecule has 0 saturated carbocycles. The Kier molecular flexibility index (Phi) is 5.47. The molecule has 116 valence electrons. The number of nitrogens with zero attached hydrogens (tertiary/aromatic N) is 1. The standard InChI is InChI=1S/C15H20BrNO4/c1-10-9-21-11(7-16)8-17(10)15(18)12-5-4-6-13(19-2)14(12)20-3/h4-6,10-11H,7-9H2,1-3H3. The first-order valence-electron chi connectivity index (χ1n) is 6.81. The highest BCUT2D eigenvalue weighted by Crippen LogP contribution is 2.32. The van der Waals surface area contributed by atoms with Gasteiger partial charge >= 0.3 is 0 Å². The second-order valence-electron chi connectivity index (χ2n) is 4.96. The Hall–Kier alpha value is -1.27. The first-order chi connectivity index (χ1) is 10.1. The van der Waals surface area contributed by atoms with Crippen LogP contribution >= 0.6 is 15.9 Å². The van der Waals surface area contributed by atoms with E-state index < -0.39 is 0 Å². The van der Waals surface area contributed by atoms with Gasteiger partial charge in [-0.15, -0.1) is 0 Å². The molecule has 5 nitrogen and oxygen atoms in total. The molecule has 0 spiro atoms. The zero-order chi connectivity index (χ0) is 15.4. The van der Waals surface area contributed by atoms with Gasteiger partial charge in [0.1, 0.15) is 0 Å². The third-order valence-electron chi connectivity index (χ3n) is 3.57. The monoisotopic (exact) mass is 357 g/mol. The molecule has 0 aromatic heterocycles. The van der Waals surface area contributed by atoms with E-state index in [-0.39, 0.29) is 18.1 Å². The molecule has 6 heteroatoms. The van der Waals surface area contributed by atoms with E-state index in [1.54, 1.807) is 32.4 Å². The average Bonchev–Trinajstić information content (AvgIpc) is 2.53. The van der Waals surface area contributed by atoms with E-state index in [4.69, 9.17) is 14.2 Å².